The zero-order valence-corrected chi connectivity index (χ0v) is 8.01. The van der Waals surface area contributed by atoms with Crippen LogP contribution in [0, 0.1) is 5.92 Å². The first-order valence-corrected chi connectivity index (χ1v) is 4.51. The molecule has 0 aromatic rings. The first-order chi connectivity index (χ1) is 5.74. The largest absolute Gasteiger partial charge is 0.469 e. The molecule has 0 bridgehead atoms. The number of hydrogen-bond donors (Lipinski definition) is 1. The molecule has 12 heavy (non-hydrogen) atoms. The van der Waals surface area contributed by atoms with E-state index in [1.165, 1.54) is 7.11 Å². The van der Waals surface area contributed by atoms with E-state index in [9.17, 15) is 4.79 Å². The van der Waals surface area contributed by atoms with Crippen molar-refractivity contribution in [2.24, 2.45) is 11.7 Å². The minimum atomic E-state index is -0.120. The molecule has 0 saturated heterocycles. The molecule has 72 valence electrons. The molecule has 0 aromatic carbocycles. The number of methoxy groups -OCH3 is 1. The standard InChI is InChI=1S/C9H19NO2/c1-3-8(6-7-10)4-5-9(11)12-2/h8H,3-7,10H2,1-2H3. The molecule has 0 aliphatic heterocycles. The van der Waals surface area contributed by atoms with Crippen LogP contribution in [0.5, 0.6) is 0 Å². The fourth-order valence-corrected chi connectivity index (χ4v) is 1.21. The molecule has 0 aliphatic rings. The summed E-state index contributed by atoms with van der Waals surface area (Å²) in [4.78, 5) is 10.8. The van der Waals surface area contributed by atoms with Gasteiger partial charge in [0.1, 0.15) is 0 Å². The summed E-state index contributed by atoms with van der Waals surface area (Å²) < 4.78 is 4.55. The minimum absolute atomic E-state index is 0.120. The first-order valence-electron chi connectivity index (χ1n) is 4.51. The molecule has 1 unspecified atom stereocenters. The van der Waals surface area contributed by atoms with E-state index in [-0.39, 0.29) is 5.97 Å². The summed E-state index contributed by atoms with van der Waals surface area (Å²) >= 11 is 0. The molecule has 0 radical (unpaired) electrons. The highest BCUT2D eigenvalue weighted by Crippen LogP contribution is 2.14. The summed E-state index contributed by atoms with van der Waals surface area (Å²) in [5.74, 6) is 0.458. The van der Waals surface area contributed by atoms with Crippen LogP contribution in [0.15, 0.2) is 0 Å². The summed E-state index contributed by atoms with van der Waals surface area (Å²) in [6, 6.07) is 0. The van der Waals surface area contributed by atoms with Gasteiger partial charge in [0.15, 0.2) is 0 Å². The molecular formula is C9H19NO2. The van der Waals surface area contributed by atoms with Crippen molar-refractivity contribution in [3.63, 3.8) is 0 Å². The van der Waals surface area contributed by atoms with E-state index in [1.54, 1.807) is 0 Å². The lowest BCUT2D eigenvalue weighted by atomic mass is 9.97. The fourth-order valence-electron chi connectivity index (χ4n) is 1.21. The third-order valence-electron chi connectivity index (χ3n) is 2.14. The Morgan fingerprint density at radius 2 is 2.17 bits per heavy atom. The second kappa shape index (κ2) is 7.10. The molecule has 3 nitrogen and oxygen atoms in total. The Hall–Kier alpha value is -0.570. The molecule has 1 atom stereocenters. The van der Waals surface area contributed by atoms with Gasteiger partial charge in [0.25, 0.3) is 0 Å². The molecule has 0 rings (SSSR count). The van der Waals surface area contributed by atoms with Gasteiger partial charge in [-0.05, 0) is 25.3 Å². The second-order valence-electron chi connectivity index (χ2n) is 2.97. The van der Waals surface area contributed by atoms with Crippen molar-refractivity contribution in [1.82, 2.24) is 0 Å². The lowest BCUT2D eigenvalue weighted by molar-refractivity contribution is -0.140. The summed E-state index contributed by atoms with van der Waals surface area (Å²) in [7, 11) is 1.42. The van der Waals surface area contributed by atoms with Crippen LogP contribution in [0.25, 0.3) is 0 Å². The monoisotopic (exact) mass is 173 g/mol. The molecule has 0 saturated carbocycles. The molecule has 0 amide bonds. The molecule has 2 N–H and O–H groups in total. The number of hydrogen-bond acceptors (Lipinski definition) is 3. The number of rotatable bonds is 6. The van der Waals surface area contributed by atoms with Crippen molar-refractivity contribution in [3.8, 4) is 0 Å². The zero-order valence-electron chi connectivity index (χ0n) is 8.01. The van der Waals surface area contributed by atoms with Crippen LogP contribution < -0.4 is 5.73 Å². The third kappa shape index (κ3) is 5.13. The molecule has 0 fully saturated rings. The van der Waals surface area contributed by atoms with Crippen molar-refractivity contribution >= 4 is 5.97 Å². The van der Waals surface area contributed by atoms with E-state index in [1.807, 2.05) is 0 Å². The highest BCUT2D eigenvalue weighted by atomic mass is 16.5. The Morgan fingerprint density at radius 1 is 1.50 bits per heavy atom. The molecule has 0 heterocycles. The van der Waals surface area contributed by atoms with Crippen LogP contribution in [0.4, 0.5) is 0 Å². The smallest absolute Gasteiger partial charge is 0.305 e. The van der Waals surface area contributed by atoms with Crippen molar-refractivity contribution in [2.45, 2.75) is 32.6 Å². The molecular weight excluding hydrogens is 154 g/mol. The third-order valence-corrected chi connectivity index (χ3v) is 2.14. The zero-order chi connectivity index (χ0) is 9.40. The Bertz CT molecular complexity index is 126. The first kappa shape index (κ1) is 11.4. The quantitative estimate of drug-likeness (QED) is 0.616. The fraction of sp³-hybridized carbons (Fsp3) is 0.889. The summed E-state index contributed by atoms with van der Waals surface area (Å²) in [5.41, 5.74) is 5.43. The SMILES string of the molecule is CCC(CCN)CCC(=O)OC. The van der Waals surface area contributed by atoms with Gasteiger partial charge in [-0.3, -0.25) is 4.79 Å². The number of nitrogens with two attached hydrogens (primary N) is 1. The molecule has 0 aliphatic carbocycles. The van der Waals surface area contributed by atoms with Crippen molar-refractivity contribution < 1.29 is 9.53 Å². The number of ether oxygens (including phenoxy) is 1. The average molecular weight is 173 g/mol. The molecule has 3 heteroatoms. The number of carbonyl (C=O) groups excluding carboxylic acids is 1. The van der Waals surface area contributed by atoms with E-state index < -0.39 is 0 Å². The minimum Gasteiger partial charge on any atom is -0.469 e. The van der Waals surface area contributed by atoms with Crippen LogP contribution in [-0.2, 0) is 9.53 Å². The van der Waals surface area contributed by atoms with Crippen molar-refractivity contribution in [2.75, 3.05) is 13.7 Å². The van der Waals surface area contributed by atoms with Gasteiger partial charge in [0, 0.05) is 6.42 Å². The molecule has 0 spiro atoms. The van der Waals surface area contributed by atoms with Crippen molar-refractivity contribution in [3.05, 3.63) is 0 Å². The lowest BCUT2D eigenvalue weighted by Gasteiger charge is -2.11. The summed E-state index contributed by atoms with van der Waals surface area (Å²) in [6.45, 7) is 2.83. The Morgan fingerprint density at radius 3 is 2.58 bits per heavy atom. The maximum Gasteiger partial charge on any atom is 0.305 e. The van der Waals surface area contributed by atoms with Crippen LogP contribution in [0.1, 0.15) is 32.6 Å². The van der Waals surface area contributed by atoms with Crippen molar-refractivity contribution in [1.29, 1.82) is 0 Å². The second-order valence-corrected chi connectivity index (χ2v) is 2.97. The van der Waals surface area contributed by atoms with Gasteiger partial charge in [0.2, 0.25) is 0 Å². The predicted molar refractivity (Wildman–Crippen MR) is 48.7 cm³/mol. The highest BCUT2D eigenvalue weighted by Gasteiger charge is 2.08. The van der Waals surface area contributed by atoms with E-state index in [2.05, 4.69) is 11.7 Å². The topological polar surface area (TPSA) is 52.3 Å². The number of carbonyl (C=O) groups is 1. The van der Waals surface area contributed by atoms with Gasteiger partial charge in [-0.25, -0.2) is 0 Å². The Labute approximate surface area is 74.3 Å². The Balaban J connectivity index is 3.50. The number of esters is 1. The maximum atomic E-state index is 10.8. The van der Waals surface area contributed by atoms with Crippen LogP contribution in [0.2, 0.25) is 0 Å². The Kier molecular flexibility index (Phi) is 6.76. The van der Waals surface area contributed by atoms with Gasteiger partial charge in [-0.1, -0.05) is 13.3 Å². The van der Waals surface area contributed by atoms with Crippen LogP contribution in [0.3, 0.4) is 0 Å². The summed E-state index contributed by atoms with van der Waals surface area (Å²) in [6.07, 6.45) is 3.52. The summed E-state index contributed by atoms with van der Waals surface area (Å²) in [5, 5.41) is 0. The van der Waals surface area contributed by atoms with E-state index in [4.69, 9.17) is 5.73 Å². The lowest BCUT2D eigenvalue weighted by Crippen LogP contribution is -2.10. The van der Waals surface area contributed by atoms with Gasteiger partial charge in [-0.2, -0.15) is 0 Å². The van der Waals surface area contributed by atoms with Gasteiger partial charge < -0.3 is 10.5 Å². The highest BCUT2D eigenvalue weighted by molar-refractivity contribution is 5.69. The average Bonchev–Trinajstić information content (AvgIpc) is 2.11. The maximum absolute atomic E-state index is 10.8. The van der Waals surface area contributed by atoms with E-state index >= 15 is 0 Å². The van der Waals surface area contributed by atoms with E-state index in [0.29, 0.717) is 18.9 Å². The van der Waals surface area contributed by atoms with Gasteiger partial charge in [0.05, 0.1) is 7.11 Å². The van der Waals surface area contributed by atoms with E-state index in [0.717, 1.165) is 19.3 Å². The molecule has 0 aromatic heterocycles. The normalized spacial score (nSPS) is 12.6. The van der Waals surface area contributed by atoms with Crippen LogP contribution in [-0.4, -0.2) is 19.6 Å². The van der Waals surface area contributed by atoms with Gasteiger partial charge >= 0.3 is 5.97 Å². The van der Waals surface area contributed by atoms with Gasteiger partial charge in [-0.15, -0.1) is 0 Å². The predicted octanol–water partition coefficient (Wildman–Crippen LogP) is 1.31. The van der Waals surface area contributed by atoms with Crippen LogP contribution >= 0.6 is 0 Å².